The minimum atomic E-state index is -0.481. The summed E-state index contributed by atoms with van der Waals surface area (Å²) in [5, 5.41) is 6.47. The molecule has 6 nitrogen and oxygen atoms in total. The van der Waals surface area contributed by atoms with E-state index in [1.807, 2.05) is 0 Å². The molecule has 0 aliphatic carbocycles. The van der Waals surface area contributed by atoms with Gasteiger partial charge in [-0.2, -0.15) is 0 Å². The normalized spacial score (nSPS) is 10.7. The third-order valence-electron chi connectivity index (χ3n) is 3.48. The van der Waals surface area contributed by atoms with Gasteiger partial charge in [0.2, 0.25) is 5.91 Å². The Morgan fingerprint density at radius 2 is 2.16 bits per heavy atom. The van der Waals surface area contributed by atoms with Crippen LogP contribution in [0.15, 0.2) is 33.8 Å². The van der Waals surface area contributed by atoms with Gasteiger partial charge in [-0.15, -0.1) is 11.3 Å². The predicted molar refractivity (Wildman–Crippen MR) is 96.0 cm³/mol. The second kappa shape index (κ2) is 7.16. The zero-order chi connectivity index (χ0) is 18.0. The van der Waals surface area contributed by atoms with Crippen molar-refractivity contribution in [1.82, 2.24) is 9.55 Å². The number of rotatable bonds is 5. The van der Waals surface area contributed by atoms with E-state index in [2.05, 4.69) is 10.3 Å². The van der Waals surface area contributed by atoms with E-state index in [0.29, 0.717) is 16.4 Å². The van der Waals surface area contributed by atoms with Crippen LogP contribution in [0.5, 0.6) is 5.75 Å². The van der Waals surface area contributed by atoms with E-state index in [1.165, 1.54) is 35.1 Å². The van der Waals surface area contributed by atoms with E-state index in [9.17, 15) is 14.0 Å². The molecule has 0 bridgehead atoms. The zero-order valence-electron chi connectivity index (χ0n) is 13.4. The Morgan fingerprint density at radius 1 is 1.36 bits per heavy atom. The lowest BCUT2D eigenvalue weighted by atomic mass is 10.1. The maximum absolute atomic E-state index is 13.8. The highest BCUT2D eigenvalue weighted by molar-refractivity contribution is 7.14. The minimum Gasteiger partial charge on any atom is -0.494 e. The van der Waals surface area contributed by atoms with Crippen LogP contribution in [-0.4, -0.2) is 22.6 Å². The molecule has 0 atom stereocenters. The number of aromatic nitrogens is 2. The molecule has 2 heterocycles. The van der Waals surface area contributed by atoms with Crippen LogP contribution >= 0.6 is 22.7 Å². The number of hydrogen-bond acceptors (Lipinski definition) is 6. The van der Waals surface area contributed by atoms with Crippen LogP contribution in [0.1, 0.15) is 5.69 Å². The lowest BCUT2D eigenvalue weighted by molar-refractivity contribution is -0.116. The van der Waals surface area contributed by atoms with Crippen molar-refractivity contribution in [1.29, 1.82) is 0 Å². The fraction of sp³-hybridized carbons (Fsp3) is 0.188. The summed E-state index contributed by atoms with van der Waals surface area (Å²) < 4.78 is 20.1. The first-order valence-electron chi connectivity index (χ1n) is 7.22. The number of halogens is 1. The Bertz CT molecular complexity index is 977. The molecule has 1 N–H and O–H groups in total. The average Bonchev–Trinajstić information content (AvgIpc) is 3.16. The Balaban J connectivity index is 1.72. The number of nitrogens with one attached hydrogen (secondary N) is 1. The van der Waals surface area contributed by atoms with Gasteiger partial charge in [-0.25, -0.2) is 9.37 Å². The fourth-order valence-electron chi connectivity index (χ4n) is 2.19. The number of methoxy groups -OCH3 is 1. The first-order valence-corrected chi connectivity index (χ1v) is 8.98. The van der Waals surface area contributed by atoms with Crippen molar-refractivity contribution in [3.63, 3.8) is 0 Å². The van der Waals surface area contributed by atoms with Crippen molar-refractivity contribution in [2.45, 2.75) is 13.5 Å². The largest absolute Gasteiger partial charge is 0.494 e. The Kier molecular flexibility index (Phi) is 4.95. The fourth-order valence-corrected chi connectivity index (χ4v) is 3.66. The van der Waals surface area contributed by atoms with Gasteiger partial charge in [0.25, 0.3) is 0 Å². The maximum atomic E-state index is 13.8. The van der Waals surface area contributed by atoms with Crippen LogP contribution in [0.2, 0.25) is 0 Å². The van der Waals surface area contributed by atoms with Gasteiger partial charge in [0.15, 0.2) is 16.7 Å². The van der Waals surface area contributed by atoms with Crippen molar-refractivity contribution < 1.29 is 13.9 Å². The van der Waals surface area contributed by atoms with Crippen molar-refractivity contribution in [3.8, 4) is 17.0 Å². The maximum Gasteiger partial charge on any atom is 0.307 e. The summed E-state index contributed by atoms with van der Waals surface area (Å²) in [6, 6.07) is 4.54. The third kappa shape index (κ3) is 3.77. The highest BCUT2D eigenvalue weighted by Crippen LogP contribution is 2.28. The first kappa shape index (κ1) is 17.3. The van der Waals surface area contributed by atoms with Gasteiger partial charge in [-0.3, -0.25) is 14.2 Å². The summed E-state index contributed by atoms with van der Waals surface area (Å²) in [4.78, 5) is 27.8. The van der Waals surface area contributed by atoms with Gasteiger partial charge >= 0.3 is 4.87 Å². The molecule has 3 aromatic rings. The van der Waals surface area contributed by atoms with Crippen LogP contribution in [-0.2, 0) is 11.3 Å². The molecule has 0 saturated heterocycles. The predicted octanol–water partition coefficient (Wildman–Crippen LogP) is 3.13. The second-order valence-corrected chi connectivity index (χ2v) is 6.84. The number of aryl methyl sites for hydroxylation is 1. The van der Waals surface area contributed by atoms with Crippen LogP contribution in [0, 0.1) is 12.7 Å². The molecule has 9 heteroatoms. The number of benzene rings is 1. The van der Waals surface area contributed by atoms with Crippen molar-refractivity contribution in [2.24, 2.45) is 0 Å². The Morgan fingerprint density at radius 3 is 2.80 bits per heavy atom. The number of amides is 1. The smallest absolute Gasteiger partial charge is 0.307 e. The lowest BCUT2D eigenvalue weighted by Crippen LogP contribution is -2.25. The van der Waals surface area contributed by atoms with Crippen molar-refractivity contribution in [2.75, 3.05) is 12.4 Å². The average molecular weight is 379 g/mol. The first-order chi connectivity index (χ1) is 12.0. The van der Waals surface area contributed by atoms with Gasteiger partial charge < -0.3 is 10.1 Å². The van der Waals surface area contributed by atoms with Crippen molar-refractivity contribution >= 4 is 33.7 Å². The van der Waals surface area contributed by atoms with Crippen LogP contribution in [0.3, 0.4) is 0 Å². The molecule has 0 aliphatic heterocycles. The van der Waals surface area contributed by atoms with E-state index >= 15 is 0 Å². The molecule has 130 valence electrons. The molecule has 1 amide bonds. The van der Waals surface area contributed by atoms with Gasteiger partial charge in [0, 0.05) is 22.0 Å². The molecule has 0 unspecified atom stereocenters. The van der Waals surface area contributed by atoms with Gasteiger partial charge in [-0.05, 0) is 25.1 Å². The summed E-state index contributed by atoms with van der Waals surface area (Å²) in [7, 11) is 1.40. The number of carbonyl (C=O) groups excluding carboxylic acids is 1. The minimum absolute atomic E-state index is 0.0692. The van der Waals surface area contributed by atoms with Crippen LogP contribution in [0.4, 0.5) is 9.52 Å². The number of ether oxygens (including phenoxy) is 1. The SMILES string of the molecule is COc1ccc(-c2csc(NC(=O)Cn3c(C)csc3=O)n2)cc1F. The summed E-state index contributed by atoms with van der Waals surface area (Å²) in [6.45, 7) is 1.70. The zero-order valence-corrected chi connectivity index (χ0v) is 15.0. The van der Waals surface area contributed by atoms with E-state index < -0.39 is 5.82 Å². The third-order valence-corrected chi connectivity index (χ3v) is 5.11. The summed E-state index contributed by atoms with van der Waals surface area (Å²) in [5.41, 5.74) is 1.87. The monoisotopic (exact) mass is 379 g/mol. The van der Waals surface area contributed by atoms with Crippen LogP contribution < -0.4 is 14.9 Å². The molecule has 2 aromatic heterocycles. The molecular formula is C16H14FN3O3S2. The van der Waals surface area contributed by atoms with Gasteiger partial charge in [0.05, 0.1) is 12.8 Å². The lowest BCUT2D eigenvalue weighted by Gasteiger charge is -2.04. The Hall–Kier alpha value is -2.52. The number of nitrogens with zero attached hydrogens (tertiary/aromatic N) is 2. The number of carbonyl (C=O) groups is 1. The highest BCUT2D eigenvalue weighted by atomic mass is 32.1. The topological polar surface area (TPSA) is 73.2 Å². The number of thiazole rings is 2. The number of anilines is 1. The van der Waals surface area contributed by atoms with Crippen LogP contribution in [0.25, 0.3) is 11.3 Å². The highest BCUT2D eigenvalue weighted by Gasteiger charge is 2.12. The van der Waals surface area contributed by atoms with Crippen molar-refractivity contribution in [3.05, 3.63) is 50.1 Å². The van der Waals surface area contributed by atoms with E-state index in [4.69, 9.17) is 4.74 Å². The standard InChI is InChI=1S/C16H14FN3O3S2/c1-9-7-25-16(22)20(9)6-14(21)19-15-18-12(8-24-15)10-3-4-13(23-2)11(17)5-10/h3-5,7-8H,6H2,1-2H3,(H,18,19,21). The molecule has 0 fully saturated rings. The molecule has 25 heavy (non-hydrogen) atoms. The van der Waals surface area contributed by atoms with E-state index in [0.717, 1.165) is 17.0 Å². The second-order valence-electron chi connectivity index (χ2n) is 5.16. The van der Waals surface area contributed by atoms with Gasteiger partial charge in [0.1, 0.15) is 6.54 Å². The van der Waals surface area contributed by atoms with E-state index in [-0.39, 0.29) is 23.1 Å². The summed E-state index contributed by atoms with van der Waals surface area (Å²) in [6.07, 6.45) is 0. The van der Waals surface area contributed by atoms with E-state index in [1.54, 1.807) is 23.8 Å². The molecule has 0 radical (unpaired) electrons. The molecule has 0 spiro atoms. The number of hydrogen-bond donors (Lipinski definition) is 1. The molecule has 1 aromatic carbocycles. The molecule has 0 aliphatic rings. The van der Waals surface area contributed by atoms with Gasteiger partial charge in [-0.1, -0.05) is 11.3 Å². The molecule has 3 rings (SSSR count). The quantitative estimate of drug-likeness (QED) is 0.739. The summed E-state index contributed by atoms with van der Waals surface area (Å²) in [5.74, 6) is -0.666. The molecule has 0 saturated carbocycles. The summed E-state index contributed by atoms with van der Waals surface area (Å²) >= 11 is 2.28. The Labute approximate surface area is 150 Å². The molecular weight excluding hydrogens is 365 g/mol.